The minimum atomic E-state index is -0.101. The van der Waals surface area contributed by atoms with Crippen molar-refractivity contribution in [2.45, 2.75) is 12.8 Å². The summed E-state index contributed by atoms with van der Waals surface area (Å²) in [6, 6.07) is 1.65. The first-order valence-electron chi connectivity index (χ1n) is 4.14. The predicted octanol–water partition coefficient (Wildman–Crippen LogP) is -0.542. The van der Waals surface area contributed by atoms with Crippen LogP contribution in [0.1, 0.15) is 11.3 Å². The summed E-state index contributed by atoms with van der Waals surface area (Å²) < 4.78 is 0. The molecule has 2 rings (SSSR count). The molecule has 0 spiro atoms. The zero-order valence-electron chi connectivity index (χ0n) is 6.76. The lowest BCUT2D eigenvalue weighted by atomic mass is 10.1. The Balaban J connectivity index is 2.43. The van der Waals surface area contributed by atoms with Crippen LogP contribution >= 0.6 is 0 Å². The number of fused-ring (bicyclic) bond motifs is 1. The summed E-state index contributed by atoms with van der Waals surface area (Å²) in [7, 11) is 0. The normalized spacial score (nSPS) is 16.7. The summed E-state index contributed by atoms with van der Waals surface area (Å²) in [6.45, 7) is 1.89. The summed E-state index contributed by atoms with van der Waals surface area (Å²) in [5.74, 6) is 0. The smallest absolute Gasteiger partial charge is 0.264 e. The summed E-state index contributed by atoms with van der Waals surface area (Å²) >= 11 is 0. The van der Waals surface area contributed by atoms with Gasteiger partial charge in [-0.05, 0) is 18.5 Å². The van der Waals surface area contributed by atoms with Crippen molar-refractivity contribution in [1.29, 1.82) is 0 Å². The molecule has 1 aromatic heterocycles. The lowest BCUT2D eigenvalue weighted by molar-refractivity contribution is 0.706. The van der Waals surface area contributed by atoms with Crippen LogP contribution < -0.4 is 10.9 Å². The van der Waals surface area contributed by atoms with Crippen LogP contribution in [0.25, 0.3) is 0 Å². The minimum Gasteiger partial charge on any atom is -0.316 e. The fourth-order valence-electron chi connectivity index (χ4n) is 1.46. The van der Waals surface area contributed by atoms with E-state index in [0.29, 0.717) is 0 Å². The van der Waals surface area contributed by atoms with Crippen LogP contribution in [0.2, 0.25) is 0 Å². The highest BCUT2D eigenvalue weighted by atomic mass is 16.1. The van der Waals surface area contributed by atoms with Crippen LogP contribution in [0.15, 0.2) is 10.9 Å². The Morgan fingerprint density at radius 1 is 1.33 bits per heavy atom. The Kier molecular flexibility index (Phi) is 1.91. The molecule has 0 saturated carbocycles. The van der Waals surface area contributed by atoms with Gasteiger partial charge in [0.2, 0.25) is 0 Å². The highest BCUT2D eigenvalue weighted by molar-refractivity contribution is 5.19. The van der Waals surface area contributed by atoms with E-state index in [9.17, 15) is 4.79 Å². The Bertz CT molecular complexity index is 331. The van der Waals surface area contributed by atoms with Gasteiger partial charge in [0.1, 0.15) is 0 Å². The molecule has 4 heteroatoms. The monoisotopic (exact) mass is 165 g/mol. The van der Waals surface area contributed by atoms with E-state index in [0.717, 1.165) is 37.2 Å². The first kappa shape index (κ1) is 7.49. The standard InChI is InChI=1S/C8H11N3O/c12-8-5-6-1-3-9-4-2-7(6)10-11-8/h5,9H,1-4H2,(H,11,12). The van der Waals surface area contributed by atoms with Crippen molar-refractivity contribution < 1.29 is 0 Å². The zero-order chi connectivity index (χ0) is 8.39. The molecule has 0 saturated heterocycles. The van der Waals surface area contributed by atoms with Crippen LogP contribution in [-0.2, 0) is 12.8 Å². The molecule has 2 N–H and O–H groups in total. The zero-order valence-corrected chi connectivity index (χ0v) is 6.76. The second-order valence-electron chi connectivity index (χ2n) is 2.95. The van der Waals surface area contributed by atoms with E-state index in [1.807, 2.05) is 0 Å². The highest BCUT2D eigenvalue weighted by Crippen LogP contribution is 2.05. The Labute approximate surface area is 70.0 Å². The van der Waals surface area contributed by atoms with Gasteiger partial charge in [0.25, 0.3) is 5.56 Å². The van der Waals surface area contributed by atoms with Crippen LogP contribution in [0.4, 0.5) is 0 Å². The van der Waals surface area contributed by atoms with Gasteiger partial charge in [0.05, 0.1) is 5.69 Å². The molecule has 1 aromatic rings. The molecule has 2 heterocycles. The van der Waals surface area contributed by atoms with Crippen molar-refractivity contribution in [3.63, 3.8) is 0 Å². The molecule has 0 unspecified atom stereocenters. The molecule has 0 aromatic carbocycles. The molecule has 1 aliphatic heterocycles. The molecule has 0 aliphatic carbocycles. The SMILES string of the molecule is O=c1cc2c(n[nH]1)CCNCC2. The number of aromatic nitrogens is 2. The Morgan fingerprint density at radius 3 is 3.08 bits per heavy atom. The topological polar surface area (TPSA) is 57.8 Å². The molecule has 0 radical (unpaired) electrons. The van der Waals surface area contributed by atoms with Gasteiger partial charge in [-0.2, -0.15) is 5.10 Å². The van der Waals surface area contributed by atoms with Gasteiger partial charge in [-0.15, -0.1) is 0 Å². The van der Waals surface area contributed by atoms with E-state index in [-0.39, 0.29) is 5.56 Å². The third-order valence-electron chi connectivity index (χ3n) is 2.09. The molecule has 0 amide bonds. The maximum absolute atomic E-state index is 10.9. The number of hydrogen-bond donors (Lipinski definition) is 2. The van der Waals surface area contributed by atoms with Gasteiger partial charge in [-0.1, -0.05) is 0 Å². The van der Waals surface area contributed by atoms with E-state index in [4.69, 9.17) is 0 Å². The van der Waals surface area contributed by atoms with Crippen molar-refractivity contribution in [2.75, 3.05) is 13.1 Å². The fourth-order valence-corrected chi connectivity index (χ4v) is 1.46. The van der Waals surface area contributed by atoms with Gasteiger partial charge in [-0.3, -0.25) is 4.79 Å². The van der Waals surface area contributed by atoms with E-state index in [2.05, 4.69) is 15.5 Å². The summed E-state index contributed by atoms with van der Waals surface area (Å²) in [6.07, 6.45) is 1.82. The summed E-state index contributed by atoms with van der Waals surface area (Å²) in [4.78, 5) is 10.9. The van der Waals surface area contributed by atoms with E-state index in [1.54, 1.807) is 6.07 Å². The fraction of sp³-hybridized carbons (Fsp3) is 0.500. The Morgan fingerprint density at radius 2 is 2.17 bits per heavy atom. The van der Waals surface area contributed by atoms with Crippen molar-refractivity contribution in [2.24, 2.45) is 0 Å². The van der Waals surface area contributed by atoms with Gasteiger partial charge >= 0.3 is 0 Å². The number of nitrogens with zero attached hydrogens (tertiary/aromatic N) is 1. The molecule has 0 fully saturated rings. The number of H-pyrrole nitrogens is 1. The highest BCUT2D eigenvalue weighted by Gasteiger charge is 2.08. The third-order valence-corrected chi connectivity index (χ3v) is 2.09. The minimum absolute atomic E-state index is 0.101. The van der Waals surface area contributed by atoms with Crippen LogP contribution in [0, 0.1) is 0 Å². The molecule has 0 bridgehead atoms. The molecule has 12 heavy (non-hydrogen) atoms. The van der Waals surface area contributed by atoms with Gasteiger partial charge in [-0.25, -0.2) is 5.10 Å². The number of rotatable bonds is 0. The first-order chi connectivity index (χ1) is 5.86. The second kappa shape index (κ2) is 3.06. The average Bonchev–Trinajstić information content (AvgIpc) is 2.28. The first-order valence-corrected chi connectivity index (χ1v) is 4.14. The molecule has 1 aliphatic rings. The number of aromatic amines is 1. The van der Waals surface area contributed by atoms with Crippen LogP contribution in [-0.4, -0.2) is 23.3 Å². The van der Waals surface area contributed by atoms with Crippen molar-refractivity contribution in [3.05, 3.63) is 27.7 Å². The average molecular weight is 165 g/mol. The van der Waals surface area contributed by atoms with E-state index >= 15 is 0 Å². The summed E-state index contributed by atoms with van der Waals surface area (Å²) in [5, 5.41) is 9.71. The maximum Gasteiger partial charge on any atom is 0.264 e. The van der Waals surface area contributed by atoms with Gasteiger partial charge in [0.15, 0.2) is 0 Å². The molecular formula is C8H11N3O. The molecular weight excluding hydrogens is 154 g/mol. The molecule has 0 atom stereocenters. The lowest BCUT2D eigenvalue weighted by Crippen LogP contribution is -2.16. The quantitative estimate of drug-likeness (QED) is 0.542. The molecule has 64 valence electrons. The van der Waals surface area contributed by atoms with Crippen molar-refractivity contribution in [3.8, 4) is 0 Å². The van der Waals surface area contributed by atoms with E-state index < -0.39 is 0 Å². The van der Waals surface area contributed by atoms with Gasteiger partial charge in [0, 0.05) is 19.0 Å². The predicted molar refractivity (Wildman–Crippen MR) is 45.1 cm³/mol. The van der Waals surface area contributed by atoms with Crippen molar-refractivity contribution in [1.82, 2.24) is 15.5 Å². The maximum atomic E-state index is 10.9. The Hall–Kier alpha value is -1.16. The lowest BCUT2D eigenvalue weighted by Gasteiger charge is -1.99. The second-order valence-corrected chi connectivity index (χ2v) is 2.95. The van der Waals surface area contributed by atoms with Crippen LogP contribution in [0.3, 0.4) is 0 Å². The summed E-state index contributed by atoms with van der Waals surface area (Å²) in [5.41, 5.74) is 2.01. The molecule has 4 nitrogen and oxygen atoms in total. The third kappa shape index (κ3) is 1.38. The number of nitrogens with one attached hydrogen (secondary N) is 2. The van der Waals surface area contributed by atoms with E-state index in [1.165, 1.54) is 0 Å². The van der Waals surface area contributed by atoms with Crippen molar-refractivity contribution >= 4 is 0 Å². The largest absolute Gasteiger partial charge is 0.316 e. The number of hydrogen-bond acceptors (Lipinski definition) is 3. The van der Waals surface area contributed by atoms with Crippen LogP contribution in [0.5, 0.6) is 0 Å². The van der Waals surface area contributed by atoms with Gasteiger partial charge < -0.3 is 5.32 Å².